The van der Waals surface area contributed by atoms with Gasteiger partial charge in [-0.05, 0) is 113 Å². The molecule has 0 aliphatic carbocycles. The molecule has 0 aromatic heterocycles. The molecule has 0 radical (unpaired) electrons. The predicted molar refractivity (Wildman–Crippen MR) is 229 cm³/mol. The van der Waals surface area contributed by atoms with Gasteiger partial charge in [0.05, 0.1) is 12.9 Å². The summed E-state index contributed by atoms with van der Waals surface area (Å²) in [6, 6.07) is 0. The standard InChI is InChI=1S/C49H90O/c1-7-11-13-15-17-19-21-23-25-27-29-31-33-35-37-39-41-48(46-50-44-43-49(6,10-4)45-47(5)9-3)42-40-38-36-34-32-30-28-26-24-22-20-18-16-14-12-8-2/h17-20,23-26,43-44,47-48H,7-16,21-22,27-42,45-46H2,1-6H3. The summed E-state index contributed by atoms with van der Waals surface area (Å²) < 4.78 is 6.27. The van der Waals surface area contributed by atoms with Crippen LogP contribution in [0.25, 0.3) is 0 Å². The molecule has 50 heavy (non-hydrogen) atoms. The van der Waals surface area contributed by atoms with Gasteiger partial charge in [-0.25, -0.2) is 0 Å². The fraction of sp³-hybridized carbons (Fsp3) is 0.796. The van der Waals surface area contributed by atoms with E-state index in [0.29, 0.717) is 5.92 Å². The first-order chi connectivity index (χ1) is 24.5. The first kappa shape index (κ1) is 48.5. The van der Waals surface area contributed by atoms with Gasteiger partial charge in [0.25, 0.3) is 0 Å². The van der Waals surface area contributed by atoms with Crippen molar-refractivity contribution in [2.24, 2.45) is 17.3 Å². The summed E-state index contributed by atoms with van der Waals surface area (Å²) in [6.07, 6.45) is 61.5. The average molecular weight is 695 g/mol. The van der Waals surface area contributed by atoms with Crippen molar-refractivity contribution >= 4 is 0 Å². The lowest BCUT2D eigenvalue weighted by Crippen LogP contribution is -2.16. The molecule has 1 heteroatoms. The van der Waals surface area contributed by atoms with Crippen LogP contribution in [0.2, 0.25) is 0 Å². The summed E-state index contributed by atoms with van der Waals surface area (Å²) in [5.74, 6) is 1.48. The smallest absolute Gasteiger partial charge is 0.0901 e. The number of hydrogen-bond donors (Lipinski definition) is 0. The summed E-state index contributed by atoms with van der Waals surface area (Å²) in [7, 11) is 0. The van der Waals surface area contributed by atoms with Gasteiger partial charge in [-0.2, -0.15) is 0 Å². The van der Waals surface area contributed by atoms with Crippen LogP contribution in [-0.4, -0.2) is 6.61 Å². The molecule has 1 nitrogen and oxygen atoms in total. The van der Waals surface area contributed by atoms with E-state index in [0.717, 1.165) is 25.4 Å². The molecule has 0 N–H and O–H groups in total. The number of hydrogen-bond acceptors (Lipinski definition) is 1. The van der Waals surface area contributed by atoms with Gasteiger partial charge in [0.1, 0.15) is 0 Å². The van der Waals surface area contributed by atoms with Gasteiger partial charge in [0.2, 0.25) is 0 Å². The van der Waals surface area contributed by atoms with E-state index in [4.69, 9.17) is 4.74 Å². The van der Waals surface area contributed by atoms with Crippen molar-refractivity contribution in [3.05, 3.63) is 60.9 Å². The fourth-order valence-corrected chi connectivity index (χ4v) is 6.83. The minimum atomic E-state index is 0.256. The van der Waals surface area contributed by atoms with Crippen LogP contribution in [0.3, 0.4) is 0 Å². The average Bonchev–Trinajstić information content (AvgIpc) is 3.12. The second kappa shape index (κ2) is 38.7. The Morgan fingerprint density at radius 3 is 1.30 bits per heavy atom. The maximum absolute atomic E-state index is 6.27. The summed E-state index contributed by atoms with van der Waals surface area (Å²) >= 11 is 0. The molecule has 292 valence electrons. The Morgan fingerprint density at radius 2 is 0.900 bits per heavy atom. The Kier molecular flexibility index (Phi) is 37.6. The minimum absolute atomic E-state index is 0.256. The Balaban J connectivity index is 4.30. The van der Waals surface area contributed by atoms with Crippen molar-refractivity contribution in [3.63, 3.8) is 0 Å². The molecule has 0 heterocycles. The van der Waals surface area contributed by atoms with Gasteiger partial charge in [-0.15, -0.1) is 0 Å². The Labute approximate surface area is 316 Å². The Morgan fingerprint density at radius 1 is 0.500 bits per heavy atom. The van der Waals surface area contributed by atoms with Crippen molar-refractivity contribution in [2.75, 3.05) is 6.61 Å². The van der Waals surface area contributed by atoms with Crippen molar-refractivity contribution in [3.8, 4) is 0 Å². The van der Waals surface area contributed by atoms with E-state index in [9.17, 15) is 0 Å². The van der Waals surface area contributed by atoms with Crippen LogP contribution in [0.5, 0.6) is 0 Å². The van der Waals surface area contributed by atoms with E-state index in [1.165, 1.54) is 173 Å². The van der Waals surface area contributed by atoms with Gasteiger partial charge in [0, 0.05) is 0 Å². The predicted octanol–water partition coefficient (Wildman–Crippen LogP) is 17.4. The highest BCUT2D eigenvalue weighted by molar-refractivity contribution is 4.95. The van der Waals surface area contributed by atoms with Crippen LogP contribution in [0, 0.1) is 17.3 Å². The maximum atomic E-state index is 6.27. The third kappa shape index (κ3) is 34.9. The van der Waals surface area contributed by atoms with Crippen LogP contribution < -0.4 is 0 Å². The van der Waals surface area contributed by atoms with E-state index in [1.54, 1.807) is 0 Å². The summed E-state index contributed by atoms with van der Waals surface area (Å²) in [5.41, 5.74) is 0.256. The molecule has 0 amide bonds. The molecule has 0 bridgehead atoms. The molecule has 0 aromatic carbocycles. The van der Waals surface area contributed by atoms with Gasteiger partial charge < -0.3 is 4.74 Å². The largest absolute Gasteiger partial charge is 0.501 e. The molecule has 2 atom stereocenters. The monoisotopic (exact) mass is 695 g/mol. The fourth-order valence-electron chi connectivity index (χ4n) is 6.83. The molecule has 2 unspecified atom stereocenters. The molecule has 0 aromatic rings. The van der Waals surface area contributed by atoms with Crippen LogP contribution in [-0.2, 0) is 4.74 Å². The topological polar surface area (TPSA) is 9.23 Å². The van der Waals surface area contributed by atoms with E-state index < -0.39 is 0 Å². The molecular formula is C49H90O. The van der Waals surface area contributed by atoms with Crippen LogP contribution in [0.1, 0.15) is 228 Å². The van der Waals surface area contributed by atoms with Crippen molar-refractivity contribution < 1.29 is 4.74 Å². The zero-order valence-electron chi connectivity index (χ0n) is 35.0. The molecule has 0 fully saturated rings. The number of allylic oxidation sites excluding steroid dienone is 9. The number of ether oxygens (including phenoxy) is 1. The molecule has 0 spiro atoms. The van der Waals surface area contributed by atoms with Gasteiger partial charge in [-0.1, -0.05) is 186 Å². The lowest BCUT2D eigenvalue weighted by Gasteiger charge is -2.27. The van der Waals surface area contributed by atoms with Gasteiger partial charge >= 0.3 is 0 Å². The summed E-state index contributed by atoms with van der Waals surface area (Å²) in [4.78, 5) is 0. The van der Waals surface area contributed by atoms with Crippen LogP contribution in [0.15, 0.2) is 60.9 Å². The quantitative estimate of drug-likeness (QED) is 0.0355. The Bertz CT molecular complexity index is 767. The lowest BCUT2D eigenvalue weighted by molar-refractivity contribution is 0.171. The summed E-state index contributed by atoms with van der Waals surface area (Å²) in [5, 5.41) is 0. The molecular weight excluding hydrogens is 605 g/mol. The minimum Gasteiger partial charge on any atom is -0.501 e. The van der Waals surface area contributed by atoms with E-state index in [1.807, 2.05) is 0 Å². The van der Waals surface area contributed by atoms with Crippen molar-refractivity contribution in [2.45, 2.75) is 228 Å². The van der Waals surface area contributed by atoms with Gasteiger partial charge in [0.15, 0.2) is 0 Å². The zero-order valence-corrected chi connectivity index (χ0v) is 35.0. The highest BCUT2D eigenvalue weighted by Crippen LogP contribution is 2.32. The zero-order chi connectivity index (χ0) is 36.6. The van der Waals surface area contributed by atoms with Crippen molar-refractivity contribution in [1.82, 2.24) is 0 Å². The highest BCUT2D eigenvalue weighted by atomic mass is 16.5. The van der Waals surface area contributed by atoms with Crippen molar-refractivity contribution in [1.29, 1.82) is 0 Å². The molecule has 0 saturated carbocycles. The van der Waals surface area contributed by atoms with E-state index in [2.05, 4.69) is 102 Å². The maximum Gasteiger partial charge on any atom is 0.0901 e. The van der Waals surface area contributed by atoms with E-state index >= 15 is 0 Å². The third-order valence-corrected chi connectivity index (χ3v) is 10.8. The lowest BCUT2D eigenvalue weighted by atomic mass is 9.79. The van der Waals surface area contributed by atoms with Crippen LogP contribution >= 0.6 is 0 Å². The second-order valence-electron chi connectivity index (χ2n) is 16.0. The van der Waals surface area contributed by atoms with Gasteiger partial charge in [-0.3, -0.25) is 0 Å². The first-order valence-corrected chi connectivity index (χ1v) is 22.4. The normalized spacial score (nSPS) is 15.0. The summed E-state index contributed by atoms with van der Waals surface area (Å²) in [6.45, 7) is 14.9. The highest BCUT2D eigenvalue weighted by Gasteiger charge is 2.21. The van der Waals surface area contributed by atoms with E-state index in [-0.39, 0.29) is 5.41 Å². The van der Waals surface area contributed by atoms with Crippen LogP contribution in [0.4, 0.5) is 0 Å². The second-order valence-corrected chi connectivity index (χ2v) is 16.0. The molecule has 0 aliphatic heterocycles. The molecule has 0 rings (SSSR count). The third-order valence-electron chi connectivity index (χ3n) is 10.8. The first-order valence-electron chi connectivity index (χ1n) is 22.4. The Hall–Kier alpha value is -1.50. The number of unbranched alkanes of at least 4 members (excludes halogenated alkanes) is 18. The molecule has 0 saturated heterocycles. The number of rotatable bonds is 38. The molecule has 0 aliphatic rings. The SMILES string of the molecule is CCCCCC=CCC=CCCCCCCCCC(CCCCCCCCC=CCC=CCCCCC)COC=CC(C)(CC)CC(C)CC.